The van der Waals surface area contributed by atoms with Gasteiger partial charge in [-0.1, -0.05) is 6.07 Å². The van der Waals surface area contributed by atoms with Crippen LogP contribution in [0.5, 0.6) is 0 Å². The maximum atomic E-state index is 13.9. The average molecular weight is 252 g/mol. The first-order chi connectivity index (χ1) is 8.63. The number of nitrogens with zero attached hydrogens (tertiary/aromatic N) is 1. The SMILES string of the molecule is COCC1CCN(c2cccc(F)c2C(C)N)C1. The fourth-order valence-electron chi connectivity index (χ4n) is 2.68. The largest absolute Gasteiger partial charge is 0.384 e. The fraction of sp³-hybridized carbons (Fsp3) is 0.571. The van der Waals surface area contributed by atoms with Gasteiger partial charge in [-0.2, -0.15) is 0 Å². The molecule has 2 rings (SSSR count). The normalized spacial score (nSPS) is 21.3. The molecule has 1 aromatic rings. The summed E-state index contributed by atoms with van der Waals surface area (Å²) in [4.78, 5) is 2.21. The molecule has 1 aromatic carbocycles. The van der Waals surface area contributed by atoms with Gasteiger partial charge in [0.25, 0.3) is 0 Å². The first-order valence-corrected chi connectivity index (χ1v) is 6.41. The Morgan fingerprint density at radius 2 is 2.33 bits per heavy atom. The second-order valence-electron chi connectivity index (χ2n) is 5.02. The molecule has 2 atom stereocenters. The molecule has 3 nitrogen and oxygen atoms in total. The molecule has 1 aliphatic heterocycles. The van der Waals surface area contributed by atoms with Gasteiger partial charge in [-0.3, -0.25) is 0 Å². The first-order valence-electron chi connectivity index (χ1n) is 6.41. The minimum absolute atomic E-state index is 0.210. The van der Waals surface area contributed by atoms with Crippen molar-refractivity contribution in [3.05, 3.63) is 29.6 Å². The van der Waals surface area contributed by atoms with Gasteiger partial charge in [0.15, 0.2) is 0 Å². The Labute approximate surface area is 108 Å². The minimum atomic E-state index is -0.289. The van der Waals surface area contributed by atoms with E-state index < -0.39 is 0 Å². The Kier molecular flexibility index (Phi) is 4.19. The standard InChI is InChI=1S/C14H21FN2O/c1-10(16)14-12(15)4-3-5-13(14)17-7-6-11(8-17)9-18-2/h3-5,10-11H,6-9,16H2,1-2H3. The summed E-state index contributed by atoms with van der Waals surface area (Å²) in [6, 6.07) is 4.89. The van der Waals surface area contributed by atoms with Crippen LogP contribution < -0.4 is 10.6 Å². The highest BCUT2D eigenvalue weighted by atomic mass is 19.1. The van der Waals surface area contributed by atoms with Crippen molar-refractivity contribution in [3.63, 3.8) is 0 Å². The van der Waals surface area contributed by atoms with Gasteiger partial charge < -0.3 is 15.4 Å². The number of nitrogens with two attached hydrogens (primary N) is 1. The third-order valence-electron chi connectivity index (χ3n) is 3.51. The van der Waals surface area contributed by atoms with E-state index in [1.165, 1.54) is 6.07 Å². The highest BCUT2D eigenvalue weighted by molar-refractivity contribution is 5.56. The Hall–Kier alpha value is -1.13. The van der Waals surface area contributed by atoms with E-state index in [4.69, 9.17) is 10.5 Å². The van der Waals surface area contributed by atoms with E-state index >= 15 is 0 Å². The fourth-order valence-corrected chi connectivity index (χ4v) is 2.68. The summed E-state index contributed by atoms with van der Waals surface area (Å²) in [5.74, 6) is 0.317. The zero-order chi connectivity index (χ0) is 13.1. The van der Waals surface area contributed by atoms with Crippen molar-refractivity contribution in [2.45, 2.75) is 19.4 Å². The molecular formula is C14H21FN2O. The van der Waals surface area contributed by atoms with Crippen molar-refractivity contribution in [1.29, 1.82) is 0 Å². The molecule has 100 valence electrons. The molecule has 0 aromatic heterocycles. The van der Waals surface area contributed by atoms with E-state index in [0.717, 1.165) is 31.8 Å². The van der Waals surface area contributed by atoms with E-state index in [0.29, 0.717) is 11.5 Å². The Morgan fingerprint density at radius 1 is 1.56 bits per heavy atom. The van der Waals surface area contributed by atoms with Crippen LogP contribution in [0.4, 0.5) is 10.1 Å². The number of hydrogen-bond acceptors (Lipinski definition) is 3. The summed E-state index contributed by atoms with van der Waals surface area (Å²) < 4.78 is 19.1. The second-order valence-corrected chi connectivity index (χ2v) is 5.02. The van der Waals surface area contributed by atoms with E-state index in [1.807, 2.05) is 13.0 Å². The number of hydrogen-bond donors (Lipinski definition) is 1. The van der Waals surface area contributed by atoms with Gasteiger partial charge in [-0.15, -0.1) is 0 Å². The Morgan fingerprint density at radius 3 is 3.00 bits per heavy atom. The molecule has 0 amide bonds. The van der Waals surface area contributed by atoms with Crippen molar-refractivity contribution < 1.29 is 9.13 Å². The molecule has 0 bridgehead atoms. The maximum Gasteiger partial charge on any atom is 0.130 e. The zero-order valence-corrected chi connectivity index (χ0v) is 11.0. The van der Waals surface area contributed by atoms with Crippen molar-refractivity contribution in [2.75, 3.05) is 31.7 Å². The number of ether oxygens (including phenoxy) is 1. The topological polar surface area (TPSA) is 38.5 Å². The lowest BCUT2D eigenvalue weighted by Gasteiger charge is -2.24. The lowest BCUT2D eigenvalue weighted by molar-refractivity contribution is 0.161. The van der Waals surface area contributed by atoms with E-state index in [9.17, 15) is 4.39 Å². The third kappa shape index (κ3) is 2.65. The van der Waals surface area contributed by atoms with Gasteiger partial charge in [0.2, 0.25) is 0 Å². The minimum Gasteiger partial charge on any atom is -0.384 e. The van der Waals surface area contributed by atoms with Crippen LogP contribution in [0.3, 0.4) is 0 Å². The third-order valence-corrected chi connectivity index (χ3v) is 3.51. The highest BCUT2D eigenvalue weighted by Crippen LogP contribution is 2.31. The quantitative estimate of drug-likeness (QED) is 0.893. The lowest BCUT2D eigenvalue weighted by Crippen LogP contribution is -2.24. The molecule has 1 saturated heterocycles. The molecule has 0 aliphatic carbocycles. The second kappa shape index (κ2) is 5.67. The molecule has 18 heavy (non-hydrogen) atoms. The first kappa shape index (κ1) is 13.3. The number of methoxy groups -OCH3 is 1. The smallest absolute Gasteiger partial charge is 0.130 e. The number of benzene rings is 1. The van der Waals surface area contributed by atoms with Gasteiger partial charge in [-0.25, -0.2) is 4.39 Å². The van der Waals surface area contributed by atoms with Crippen LogP contribution in [0.25, 0.3) is 0 Å². The molecule has 0 spiro atoms. The van der Waals surface area contributed by atoms with Crippen molar-refractivity contribution >= 4 is 5.69 Å². The van der Waals surface area contributed by atoms with Crippen molar-refractivity contribution in [2.24, 2.45) is 11.7 Å². The molecular weight excluding hydrogens is 231 g/mol. The van der Waals surface area contributed by atoms with Gasteiger partial charge in [0.1, 0.15) is 5.82 Å². The number of anilines is 1. The molecule has 0 saturated carbocycles. The molecule has 0 radical (unpaired) electrons. The van der Waals surface area contributed by atoms with Gasteiger partial charge in [0.05, 0.1) is 6.61 Å². The maximum absolute atomic E-state index is 13.9. The van der Waals surface area contributed by atoms with Crippen LogP contribution in [-0.4, -0.2) is 26.8 Å². The zero-order valence-electron chi connectivity index (χ0n) is 11.0. The summed E-state index contributed by atoms with van der Waals surface area (Å²) in [7, 11) is 1.72. The summed E-state index contributed by atoms with van der Waals surface area (Å²) >= 11 is 0. The van der Waals surface area contributed by atoms with E-state index in [-0.39, 0.29) is 11.9 Å². The summed E-state index contributed by atoms with van der Waals surface area (Å²) in [5.41, 5.74) is 7.44. The lowest BCUT2D eigenvalue weighted by atomic mass is 10.1. The molecule has 4 heteroatoms. The summed E-state index contributed by atoms with van der Waals surface area (Å²) in [6.07, 6.45) is 1.09. The highest BCUT2D eigenvalue weighted by Gasteiger charge is 2.25. The van der Waals surface area contributed by atoms with Crippen LogP contribution >= 0.6 is 0 Å². The van der Waals surface area contributed by atoms with Gasteiger partial charge in [0, 0.05) is 43.4 Å². The summed E-state index contributed by atoms with van der Waals surface area (Å²) in [5, 5.41) is 0. The molecule has 2 unspecified atom stereocenters. The van der Waals surface area contributed by atoms with Crippen molar-refractivity contribution in [3.8, 4) is 0 Å². The summed E-state index contributed by atoms with van der Waals surface area (Å²) in [6.45, 7) is 4.44. The molecule has 1 fully saturated rings. The van der Waals surface area contributed by atoms with E-state index in [2.05, 4.69) is 4.90 Å². The van der Waals surface area contributed by atoms with Crippen LogP contribution in [0, 0.1) is 11.7 Å². The van der Waals surface area contributed by atoms with Crippen LogP contribution in [0.15, 0.2) is 18.2 Å². The van der Waals surface area contributed by atoms with Gasteiger partial charge in [-0.05, 0) is 25.5 Å². The molecule has 1 heterocycles. The van der Waals surface area contributed by atoms with Gasteiger partial charge >= 0.3 is 0 Å². The molecule has 1 aliphatic rings. The van der Waals surface area contributed by atoms with Crippen LogP contribution in [-0.2, 0) is 4.74 Å². The predicted octanol–water partition coefficient (Wildman–Crippen LogP) is 2.32. The van der Waals surface area contributed by atoms with Crippen LogP contribution in [0.2, 0.25) is 0 Å². The monoisotopic (exact) mass is 252 g/mol. The van der Waals surface area contributed by atoms with Crippen LogP contribution in [0.1, 0.15) is 24.9 Å². The van der Waals surface area contributed by atoms with Crippen molar-refractivity contribution in [1.82, 2.24) is 0 Å². The number of halogens is 1. The Bertz CT molecular complexity index is 409. The number of rotatable bonds is 4. The molecule has 2 N–H and O–H groups in total. The Balaban J connectivity index is 2.21. The predicted molar refractivity (Wildman–Crippen MR) is 71.2 cm³/mol. The average Bonchev–Trinajstić information content (AvgIpc) is 2.77. The van der Waals surface area contributed by atoms with E-state index in [1.54, 1.807) is 13.2 Å².